The molecule has 3 nitrogen and oxygen atoms in total. The summed E-state index contributed by atoms with van der Waals surface area (Å²) in [5.74, 6) is -0.170. The summed E-state index contributed by atoms with van der Waals surface area (Å²) in [6, 6.07) is 2.39. The molecule has 0 saturated carbocycles. The van der Waals surface area contributed by atoms with E-state index in [0.717, 1.165) is 17.2 Å². The predicted molar refractivity (Wildman–Crippen MR) is 69.6 cm³/mol. The molecule has 1 N–H and O–H groups in total. The lowest BCUT2D eigenvalue weighted by atomic mass is 9.94. The smallest absolute Gasteiger partial charge is 0.306 e. The molecular weight excluding hydrogens is 258 g/mol. The quantitative estimate of drug-likeness (QED) is 0.858. The van der Waals surface area contributed by atoms with Crippen molar-refractivity contribution in [3.63, 3.8) is 0 Å². The maximum atomic E-state index is 11.0. The Bertz CT molecular complexity index is 405. The Morgan fingerprint density at radius 3 is 3.29 bits per heavy atom. The van der Waals surface area contributed by atoms with Gasteiger partial charge in [0.05, 0.1) is 17.9 Å². The Hall–Kier alpha value is -0.580. The highest BCUT2D eigenvalue weighted by Gasteiger charge is 2.22. The summed E-state index contributed by atoms with van der Waals surface area (Å²) in [5, 5.41) is 3.40. The summed E-state index contributed by atoms with van der Waals surface area (Å²) in [5.41, 5.74) is 1.32. The molecule has 0 fully saturated rings. The second kappa shape index (κ2) is 5.85. The lowest BCUT2D eigenvalue weighted by molar-refractivity contribution is -0.140. The number of hydrogen-bond donors (Lipinski definition) is 1. The number of fused-ring (bicyclic) bond motifs is 1. The normalized spacial score (nSPS) is 18.8. The van der Waals surface area contributed by atoms with Crippen molar-refractivity contribution < 1.29 is 9.53 Å². The maximum Gasteiger partial charge on any atom is 0.306 e. The minimum Gasteiger partial charge on any atom is -0.469 e. The van der Waals surface area contributed by atoms with E-state index < -0.39 is 0 Å². The third-order valence-corrected chi connectivity index (χ3v) is 4.37. The first-order chi connectivity index (χ1) is 8.20. The monoisotopic (exact) mass is 273 g/mol. The molecule has 0 aliphatic heterocycles. The summed E-state index contributed by atoms with van der Waals surface area (Å²) in [6.45, 7) is 0.657. The van der Waals surface area contributed by atoms with Crippen LogP contribution in [-0.2, 0) is 16.0 Å². The van der Waals surface area contributed by atoms with Gasteiger partial charge in [-0.2, -0.15) is 0 Å². The number of rotatable bonds is 4. The van der Waals surface area contributed by atoms with Crippen LogP contribution in [0.5, 0.6) is 0 Å². The first-order valence-electron chi connectivity index (χ1n) is 5.79. The summed E-state index contributed by atoms with van der Waals surface area (Å²) in [7, 11) is 1.42. The number of nitrogens with one attached hydrogen (secondary N) is 1. The first-order valence-corrected chi connectivity index (χ1v) is 6.98. The number of carbonyl (C=O) groups is 1. The van der Waals surface area contributed by atoms with E-state index in [2.05, 4.69) is 16.1 Å². The number of esters is 1. The molecule has 94 valence electrons. The molecular formula is C12H16ClNO2S. The van der Waals surface area contributed by atoms with Crippen LogP contribution in [0.15, 0.2) is 6.07 Å². The van der Waals surface area contributed by atoms with Crippen molar-refractivity contribution in [2.24, 2.45) is 0 Å². The highest BCUT2D eigenvalue weighted by atomic mass is 35.5. The minimum atomic E-state index is -0.170. The highest BCUT2D eigenvalue weighted by molar-refractivity contribution is 7.16. The molecule has 0 aromatic carbocycles. The van der Waals surface area contributed by atoms with Crippen LogP contribution >= 0.6 is 22.9 Å². The molecule has 2 rings (SSSR count). The predicted octanol–water partition coefficient (Wildman–Crippen LogP) is 2.93. The summed E-state index contributed by atoms with van der Waals surface area (Å²) in [6.07, 6.45) is 3.84. The molecule has 1 aliphatic rings. The van der Waals surface area contributed by atoms with E-state index in [1.807, 2.05) is 0 Å². The molecule has 1 atom stereocenters. The minimum absolute atomic E-state index is 0.170. The van der Waals surface area contributed by atoms with Gasteiger partial charge in [0.1, 0.15) is 0 Å². The molecule has 17 heavy (non-hydrogen) atoms. The van der Waals surface area contributed by atoms with Gasteiger partial charge >= 0.3 is 5.97 Å². The number of halogens is 1. The molecule has 1 heterocycles. The van der Waals surface area contributed by atoms with Gasteiger partial charge in [0.2, 0.25) is 0 Å². The summed E-state index contributed by atoms with van der Waals surface area (Å²) < 4.78 is 5.47. The van der Waals surface area contributed by atoms with E-state index in [4.69, 9.17) is 11.6 Å². The van der Waals surface area contributed by atoms with Gasteiger partial charge in [-0.3, -0.25) is 4.79 Å². The van der Waals surface area contributed by atoms with Crippen molar-refractivity contribution in [2.45, 2.75) is 31.7 Å². The van der Waals surface area contributed by atoms with Crippen molar-refractivity contribution >= 4 is 28.9 Å². The molecule has 1 aromatic rings. The van der Waals surface area contributed by atoms with Gasteiger partial charge in [-0.1, -0.05) is 11.6 Å². The molecule has 0 radical (unpaired) electrons. The largest absolute Gasteiger partial charge is 0.469 e. The molecule has 5 heteroatoms. The fourth-order valence-corrected chi connectivity index (χ4v) is 3.57. The maximum absolute atomic E-state index is 11.0. The van der Waals surface area contributed by atoms with Crippen molar-refractivity contribution in [3.8, 4) is 0 Å². The van der Waals surface area contributed by atoms with Crippen LogP contribution in [0, 0.1) is 0 Å². The van der Waals surface area contributed by atoms with Gasteiger partial charge in [0.15, 0.2) is 0 Å². The number of ether oxygens (including phenoxy) is 1. The van der Waals surface area contributed by atoms with Crippen molar-refractivity contribution in [1.82, 2.24) is 5.32 Å². The van der Waals surface area contributed by atoms with E-state index in [0.29, 0.717) is 19.0 Å². The van der Waals surface area contributed by atoms with E-state index in [1.54, 1.807) is 11.3 Å². The zero-order valence-electron chi connectivity index (χ0n) is 9.79. The van der Waals surface area contributed by atoms with Gasteiger partial charge < -0.3 is 10.1 Å². The van der Waals surface area contributed by atoms with Crippen LogP contribution in [0.3, 0.4) is 0 Å². The lowest BCUT2D eigenvalue weighted by Crippen LogP contribution is -2.26. The van der Waals surface area contributed by atoms with Gasteiger partial charge in [-0.15, -0.1) is 11.3 Å². The molecule has 0 saturated heterocycles. The van der Waals surface area contributed by atoms with Crippen LogP contribution in [-0.4, -0.2) is 19.6 Å². The van der Waals surface area contributed by atoms with E-state index in [1.165, 1.54) is 24.0 Å². The van der Waals surface area contributed by atoms with Crippen LogP contribution in [0.4, 0.5) is 0 Å². The SMILES string of the molecule is COC(=O)CCNC1CCCc2sc(Cl)cc21. The second-order valence-electron chi connectivity index (χ2n) is 4.15. The topological polar surface area (TPSA) is 38.3 Å². The number of hydrogen-bond acceptors (Lipinski definition) is 4. The number of carbonyl (C=O) groups excluding carboxylic acids is 1. The lowest BCUT2D eigenvalue weighted by Gasteiger charge is -2.23. The molecule has 0 bridgehead atoms. The average Bonchev–Trinajstić information content (AvgIpc) is 2.70. The average molecular weight is 274 g/mol. The Labute approximate surface area is 110 Å². The third kappa shape index (κ3) is 3.21. The van der Waals surface area contributed by atoms with Crippen LogP contribution in [0.2, 0.25) is 4.34 Å². The molecule has 1 unspecified atom stereocenters. The van der Waals surface area contributed by atoms with Gasteiger partial charge in [0.25, 0.3) is 0 Å². The number of aryl methyl sites for hydroxylation is 1. The highest BCUT2D eigenvalue weighted by Crippen LogP contribution is 2.37. The zero-order chi connectivity index (χ0) is 12.3. The second-order valence-corrected chi connectivity index (χ2v) is 5.92. The Kier molecular flexibility index (Phi) is 4.42. The Balaban J connectivity index is 1.92. The molecule has 0 spiro atoms. The fourth-order valence-electron chi connectivity index (χ4n) is 2.18. The third-order valence-electron chi connectivity index (χ3n) is 3.03. The zero-order valence-corrected chi connectivity index (χ0v) is 11.4. The van der Waals surface area contributed by atoms with Crippen molar-refractivity contribution in [2.75, 3.05) is 13.7 Å². The van der Waals surface area contributed by atoms with Gasteiger partial charge in [0, 0.05) is 17.5 Å². The van der Waals surface area contributed by atoms with Crippen LogP contribution in [0.25, 0.3) is 0 Å². The van der Waals surface area contributed by atoms with Crippen LogP contribution < -0.4 is 5.32 Å². The Morgan fingerprint density at radius 2 is 2.53 bits per heavy atom. The summed E-state index contributed by atoms with van der Waals surface area (Å²) in [4.78, 5) is 12.4. The van der Waals surface area contributed by atoms with Gasteiger partial charge in [-0.05, 0) is 30.9 Å². The molecule has 1 aliphatic carbocycles. The molecule has 1 aromatic heterocycles. The van der Waals surface area contributed by atoms with Crippen LogP contribution in [0.1, 0.15) is 35.7 Å². The molecule has 0 amide bonds. The van der Waals surface area contributed by atoms with E-state index in [9.17, 15) is 4.79 Å². The number of methoxy groups -OCH3 is 1. The van der Waals surface area contributed by atoms with E-state index in [-0.39, 0.29) is 5.97 Å². The van der Waals surface area contributed by atoms with Crippen molar-refractivity contribution in [3.05, 3.63) is 20.8 Å². The van der Waals surface area contributed by atoms with Gasteiger partial charge in [-0.25, -0.2) is 0 Å². The number of thiophene rings is 1. The first kappa shape index (κ1) is 12.9. The Morgan fingerprint density at radius 1 is 1.71 bits per heavy atom. The standard InChI is InChI=1S/C12H16ClNO2S/c1-16-12(15)5-6-14-9-3-2-4-10-8(9)7-11(13)17-10/h7,9,14H,2-6H2,1H3. The summed E-state index contributed by atoms with van der Waals surface area (Å²) >= 11 is 7.71. The van der Waals surface area contributed by atoms with E-state index >= 15 is 0 Å². The van der Waals surface area contributed by atoms with Crippen molar-refractivity contribution in [1.29, 1.82) is 0 Å². The fraction of sp³-hybridized carbons (Fsp3) is 0.583.